The molecule has 1 atom stereocenters. The maximum absolute atomic E-state index is 13.0. The van der Waals surface area contributed by atoms with Gasteiger partial charge in [0, 0.05) is 23.3 Å². The second-order valence-corrected chi connectivity index (χ2v) is 6.85. The van der Waals surface area contributed by atoms with E-state index in [0.717, 1.165) is 21.7 Å². The third-order valence-corrected chi connectivity index (χ3v) is 4.68. The SMILES string of the molecule is C[C@@H]1CN=C2N(Cc3cnn(C)c3)C(=O)c3cc(Br)ccc3N21. The first-order valence-electron chi connectivity index (χ1n) is 7.47. The molecule has 1 aromatic heterocycles. The largest absolute Gasteiger partial charge is 0.307 e. The van der Waals surface area contributed by atoms with Gasteiger partial charge in [0.15, 0.2) is 0 Å². The lowest BCUT2D eigenvalue weighted by atomic mass is 10.1. The van der Waals surface area contributed by atoms with Gasteiger partial charge in [0.05, 0.1) is 36.6 Å². The summed E-state index contributed by atoms with van der Waals surface area (Å²) in [5.74, 6) is 0.718. The fraction of sp³-hybridized carbons (Fsp3) is 0.312. The molecule has 23 heavy (non-hydrogen) atoms. The average molecular weight is 374 g/mol. The van der Waals surface area contributed by atoms with Gasteiger partial charge >= 0.3 is 0 Å². The molecule has 1 amide bonds. The number of benzene rings is 1. The zero-order chi connectivity index (χ0) is 16.1. The van der Waals surface area contributed by atoms with Crippen molar-refractivity contribution in [2.45, 2.75) is 19.5 Å². The molecule has 0 N–H and O–H groups in total. The second kappa shape index (κ2) is 5.19. The summed E-state index contributed by atoms with van der Waals surface area (Å²) in [4.78, 5) is 21.5. The zero-order valence-electron chi connectivity index (χ0n) is 12.9. The Morgan fingerprint density at radius 1 is 1.39 bits per heavy atom. The molecule has 0 fully saturated rings. The standard InChI is InChI=1S/C16H16BrN5O/c1-10-6-18-16-21(9-11-7-19-20(2)8-11)15(23)13-5-12(17)3-4-14(13)22(10)16/h3-5,7-8,10H,6,9H2,1-2H3/t10-/m1/s1. The van der Waals surface area contributed by atoms with Gasteiger partial charge in [-0.05, 0) is 25.1 Å². The van der Waals surface area contributed by atoms with Crippen molar-refractivity contribution in [3.05, 3.63) is 46.2 Å². The van der Waals surface area contributed by atoms with Crippen molar-refractivity contribution >= 4 is 33.5 Å². The number of amides is 1. The first kappa shape index (κ1) is 14.4. The van der Waals surface area contributed by atoms with Crippen LogP contribution in [0, 0.1) is 0 Å². The van der Waals surface area contributed by atoms with Crippen LogP contribution in [0.2, 0.25) is 0 Å². The number of anilines is 1. The number of carbonyl (C=O) groups is 1. The van der Waals surface area contributed by atoms with Crippen LogP contribution in [0.5, 0.6) is 0 Å². The lowest BCUT2D eigenvalue weighted by Gasteiger charge is -2.37. The molecule has 118 valence electrons. The quantitative estimate of drug-likeness (QED) is 0.811. The maximum atomic E-state index is 13.0. The summed E-state index contributed by atoms with van der Waals surface area (Å²) in [6.07, 6.45) is 3.71. The van der Waals surface area contributed by atoms with E-state index in [2.05, 4.69) is 37.8 Å². The Labute approximate surface area is 142 Å². The highest BCUT2D eigenvalue weighted by atomic mass is 79.9. The van der Waals surface area contributed by atoms with Crippen LogP contribution < -0.4 is 4.90 Å². The number of halogens is 1. The van der Waals surface area contributed by atoms with E-state index in [1.54, 1.807) is 15.8 Å². The van der Waals surface area contributed by atoms with Crippen LogP contribution in [0.1, 0.15) is 22.8 Å². The van der Waals surface area contributed by atoms with Crippen LogP contribution in [0.4, 0.5) is 5.69 Å². The number of aryl methyl sites for hydroxylation is 1. The number of rotatable bonds is 2. The molecule has 3 heterocycles. The molecule has 0 radical (unpaired) electrons. The van der Waals surface area contributed by atoms with Gasteiger partial charge in [-0.25, -0.2) is 0 Å². The third-order valence-electron chi connectivity index (χ3n) is 4.19. The molecule has 2 aliphatic rings. The van der Waals surface area contributed by atoms with Crippen molar-refractivity contribution in [1.82, 2.24) is 14.7 Å². The van der Waals surface area contributed by atoms with Crippen LogP contribution in [-0.4, -0.2) is 39.1 Å². The highest BCUT2D eigenvalue weighted by Gasteiger charge is 2.40. The van der Waals surface area contributed by atoms with Crippen molar-refractivity contribution in [3.8, 4) is 0 Å². The second-order valence-electron chi connectivity index (χ2n) is 5.93. The highest BCUT2D eigenvalue weighted by molar-refractivity contribution is 9.10. The van der Waals surface area contributed by atoms with E-state index in [4.69, 9.17) is 0 Å². The van der Waals surface area contributed by atoms with Crippen molar-refractivity contribution in [3.63, 3.8) is 0 Å². The van der Waals surface area contributed by atoms with E-state index >= 15 is 0 Å². The van der Waals surface area contributed by atoms with Crippen molar-refractivity contribution in [2.24, 2.45) is 12.0 Å². The Kier molecular flexibility index (Phi) is 3.26. The Morgan fingerprint density at radius 2 is 2.22 bits per heavy atom. The van der Waals surface area contributed by atoms with Crippen LogP contribution in [0.3, 0.4) is 0 Å². The zero-order valence-corrected chi connectivity index (χ0v) is 14.5. The molecular formula is C16H16BrN5O. The summed E-state index contributed by atoms with van der Waals surface area (Å²) >= 11 is 3.46. The van der Waals surface area contributed by atoms with Gasteiger partial charge in [0.2, 0.25) is 5.96 Å². The van der Waals surface area contributed by atoms with Crippen LogP contribution in [-0.2, 0) is 13.6 Å². The summed E-state index contributed by atoms with van der Waals surface area (Å²) in [5, 5.41) is 4.18. The van der Waals surface area contributed by atoms with Crippen molar-refractivity contribution in [1.29, 1.82) is 0 Å². The summed E-state index contributed by atoms with van der Waals surface area (Å²) in [5.41, 5.74) is 2.63. The predicted molar refractivity (Wildman–Crippen MR) is 91.5 cm³/mol. The van der Waals surface area contributed by atoms with E-state index in [1.807, 2.05) is 31.4 Å². The van der Waals surface area contributed by atoms with Gasteiger partial charge in [-0.1, -0.05) is 15.9 Å². The smallest absolute Gasteiger partial charge is 0.263 e. The minimum atomic E-state index is -0.0192. The number of aliphatic imine (C=N–C) groups is 1. The summed E-state index contributed by atoms with van der Waals surface area (Å²) in [7, 11) is 1.87. The molecule has 0 spiro atoms. The van der Waals surface area contributed by atoms with E-state index in [1.165, 1.54) is 0 Å². The van der Waals surface area contributed by atoms with Gasteiger partial charge in [0.1, 0.15) is 0 Å². The molecular weight excluding hydrogens is 358 g/mol. The van der Waals surface area contributed by atoms with Gasteiger partial charge in [0.25, 0.3) is 5.91 Å². The number of guanidine groups is 1. The third kappa shape index (κ3) is 2.26. The molecule has 6 nitrogen and oxygen atoms in total. The van der Waals surface area contributed by atoms with Crippen LogP contribution >= 0.6 is 15.9 Å². The molecule has 1 aromatic carbocycles. The minimum Gasteiger partial charge on any atom is -0.307 e. The lowest BCUT2D eigenvalue weighted by molar-refractivity contribution is 0.0833. The van der Waals surface area contributed by atoms with Gasteiger partial charge in [-0.2, -0.15) is 5.10 Å². The molecule has 0 unspecified atom stereocenters. The van der Waals surface area contributed by atoms with E-state index in [0.29, 0.717) is 18.7 Å². The Bertz CT molecular complexity index is 828. The summed E-state index contributed by atoms with van der Waals surface area (Å²) in [6, 6.07) is 6.08. The summed E-state index contributed by atoms with van der Waals surface area (Å²) in [6.45, 7) is 3.29. The number of aromatic nitrogens is 2. The first-order valence-corrected chi connectivity index (χ1v) is 8.26. The van der Waals surface area contributed by atoms with Crippen molar-refractivity contribution in [2.75, 3.05) is 11.4 Å². The predicted octanol–water partition coefficient (Wildman–Crippen LogP) is 2.40. The fourth-order valence-corrected chi connectivity index (χ4v) is 3.49. The van der Waals surface area contributed by atoms with Gasteiger partial charge in [-0.3, -0.25) is 19.4 Å². The number of hydrogen-bond donors (Lipinski definition) is 0. The minimum absolute atomic E-state index is 0.0192. The topological polar surface area (TPSA) is 53.7 Å². The maximum Gasteiger partial charge on any atom is 0.263 e. The van der Waals surface area contributed by atoms with Crippen molar-refractivity contribution < 1.29 is 4.79 Å². The van der Waals surface area contributed by atoms with Gasteiger partial charge < -0.3 is 4.90 Å². The Balaban J connectivity index is 1.79. The lowest BCUT2D eigenvalue weighted by Crippen LogP contribution is -2.51. The monoisotopic (exact) mass is 373 g/mol. The number of hydrogen-bond acceptors (Lipinski definition) is 4. The van der Waals surface area contributed by atoms with Crippen LogP contribution in [0.25, 0.3) is 0 Å². The molecule has 2 aliphatic heterocycles. The van der Waals surface area contributed by atoms with E-state index < -0.39 is 0 Å². The normalized spacial score (nSPS) is 19.7. The molecule has 7 heteroatoms. The number of nitrogens with zero attached hydrogens (tertiary/aromatic N) is 5. The molecule has 0 bridgehead atoms. The number of carbonyl (C=O) groups excluding carboxylic acids is 1. The molecule has 0 aliphatic carbocycles. The Hall–Kier alpha value is -2.15. The fourth-order valence-electron chi connectivity index (χ4n) is 3.13. The molecule has 4 rings (SSSR count). The van der Waals surface area contributed by atoms with E-state index in [-0.39, 0.29) is 11.9 Å². The molecule has 2 aromatic rings. The highest BCUT2D eigenvalue weighted by Crippen LogP contribution is 2.35. The Morgan fingerprint density at radius 3 is 2.96 bits per heavy atom. The summed E-state index contributed by atoms with van der Waals surface area (Å²) < 4.78 is 2.64. The average Bonchev–Trinajstić information content (AvgIpc) is 3.10. The number of fused-ring (bicyclic) bond motifs is 3. The van der Waals surface area contributed by atoms with E-state index in [9.17, 15) is 4.79 Å². The molecule has 0 saturated carbocycles. The molecule has 0 saturated heterocycles. The first-order chi connectivity index (χ1) is 11.0. The van der Waals surface area contributed by atoms with Gasteiger partial charge in [-0.15, -0.1) is 0 Å². The van der Waals surface area contributed by atoms with Crippen LogP contribution in [0.15, 0.2) is 40.1 Å².